The predicted octanol–water partition coefficient (Wildman–Crippen LogP) is 3.33. The number of unbranched alkanes of at least 4 members (excludes halogenated alkanes) is 4. The summed E-state index contributed by atoms with van der Waals surface area (Å²) in [5.74, 6) is -2.28. The van der Waals surface area contributed by atoms with E-state index in [-0.39, 0.29) is 43.8 Å². The first kappa shape index (κ1) is 38.4. The first-order valence-electron chi connectivity index (χ1n) is 19.3. The SMILES string of the molecule is CCCCCC1(CCCCC)O[C@@H]2[C@H]3ON(Cc4ccccc4C=CC(=O)N(C)C)[C@H]4C(=O)OC(CC34C(=O)N3CCC[C@@H]3C(=O)NCCO)[C@@H]2O1. The van der Waals surface area contributed by atoms with Crippen molar-refractivity contribution >= 4 is 29.8 Å². The summed E-state index contributed by atoms with van der Waals surface area (Å²) >= 11 is 0. The van der Waals surface area contributed by atoms with Crippen LogP contribution >= 0.6 is 0 Å². The molecule has 13 heteroatoms. The smallest absolute Gasteiger partial charge is 0.327 e. The second kappa shape index (κ2) is 16.3. The van der Waals surface area contributed by atoms with Crippen LogP contribution in [0.15, 0.2) is 30.3 Å². The number of esters is 1. The summed E-state index contributed by atoms with van der Waals surface area (Å²) in [6.45, 7) is 4.66. The number of carbonyl (C=O) groups is 4. The number of likely N-dealkylation sites (tertiary alicyclic amines) is 1. The Morgan fingerprint density at radius 2 is 1.75 bits per heavy atom. The van der Waals surface area contributed by atoms with Gasteiger partial charge in [0.2, 0.25) is 17.7 Å². The summed E-state index contributed by atoms with van der Waals surface area (Å²) < 4.78 is 20.1. The van der Waals surface area contributed by atoms with E-state index in [1.807, 2.05) is 24.3 Å². The lowest BCUT2D eigenvalue weighted by Crippen LogP contribution is -2.70. The van der Waals surface area contributed by atoms with Crippen LogP contribution in [0.2, 0.25) is 0 Å². The van der Waals surface area contributed by atoms with E-state index < -0.39 is 53.7 Å². The van der Waals surface area contributed by atoms with Gasteiger partial charge in [0.1, 0.15) is 35.9 Å². The highest BCUT2D eigenvalue weighted by Crippen LogP contribution is 2.59. The lowest BCUT2D eigenvalue weighted by atomic mass is 9.62. The van der Waals surface area contributed by atoms with Gasteiger partial charge in [-0.1, -0.05) is 63.8 Å². The highest BCUT2D eigenvalue weighted by molar-refractivity contribution is 5.96. The number of rotatable bonds is 16. The highest BCUT2D eigenvalue weighted by atomic mass is 16.8. The van der Waals surface area contributed by atoms with Crippen LogP contribution in [0.3, 0.4) is 0 Å². The quantitative estimate of drug-likeness (QED) is 0.148. The molecule has 7 atom stereocenters. The normalized spacial score (nSPS) is 30.4. The standard InChI is InChI=1S/C39H56N4O9/c1-5-7-11-19-38(20-12-8-6-2)50-31-29-24-39(37(48)42-22-13-16-28(42)35(46)40-21-23-44)33(36(47)49-29)43(52-34(39)32(31)51-38)25-27-15-10-9-14-26(27)17-18-30(45)41(3)4/h9-10,14-15,17-18,28-29,31-34,44H,5-8,11-13,16,19-25H2,1-4H3,(H,40,46)/t28-,29?,31+,32+,33+,34-,39?/m1/s1. The van der Waals surface area contributed by atoms with E-state index in [0.717, 1.165) is 49.7 Å². The number of benzene rings is 1. The van der Waals surface area contributed by atoms with Gasteiger partial charge in [0.15, 0.2) is 11.8 Å². The number of hydroxylamine groups is 2. The van der Waals surface area contributed by atoms with E-state index in [2.05, 4.69) is 19.2 Å². The molecule has 3 amide bonds. The lowest BCUT2D eigenvalue weighted by Gasteiger charge is -2.50. The molecular formula is C39H56N4O9. The molecular weight excluding hydrogens is 668 g/mol. The topological polar surface area (TPSA) is 147 Å². The Bertz CT molecular complexity index is 1490. The number of carbonyl (C=O) groups excluding carboxylic acids is 4. The van der Waals surface area contributed by atoms with Gasteiger partial charge >= 0.3 is 5.97 Å². The fourth-order valence-corrected chi connectivity index (χ4v) is 8.84. The van der Waals surface area contributed by atoms with Gasteiger partial charge in [-0.2, -0.15) is 5.06 Å². The molecule has 4 heterocycles. The van der Waals surface area contributed by atoms with E-state index >= 15 is 4.79 Å². The van der Waals surface area contributed by atoms with Crippen LogP contribution in [0.5, 0.6) is 0 Å². The Morgan fingerprint density at radius 3 is 2.44 bits per heavy atom. The van der Waals surface area contributed by atoms with Crippen LogP contribution < -0.4 is 5.32 Å². The first-order chi connectivity index (χ1) is 25.1. The average molecular weight is 725 g/mol. The summed E-state index contributed by atoms with van der Waals surface area (Å²) in [6, 6.07) is 5.70. The van der Waals surface area contributed by atoms with Gasteiger partial charge in [-0.3, -0.25) is 24.0 Å². The minimum absolute atomic E-state index is 0.0835. The van der Waals surface area contributed by atoms with E-state index in [9.17, 15) is 19.5 Å². The van der Waals surface area contributed by atoms with Crippen LogP contribution in [0.4, 0.5) is 0 Å². The molecule has 2 unspecified atom stereocenters. The molecule has 1 aromatic rings. The second-order valence-electron chi connectivity index (χ2n) is 15.1. The lowest BCUT2D eigenvalue weighted by molar-refractivity contribution is -0.225. The molecule has 286 valence electrons. The molecule has 0 spiro atoms. The zero-order valence-electron chi connectivity index (χ0n) is 31.1. The Balaban J connectivity index is 1.39. The fourth-order valence-electron chi connectivity index (χ4n) is 8.84. The number of nitrogens with zero attached hydrogens (tertiary/aromatic N) is 3. The molecule has 4 aliphatic heterocycles. The van der Waals surface area contributed by atoms with Gasteiger partial charge in [0.25, 0.3) is 0 Å². The van der Waals surface area contributed by atoms with Crippen molar-refractivity contribution in [1.29, 1.82) is 0 Å². The Kier molecular flexibility index (Phi) is 12.1. The molecule has 1 aromatic carbocycles. The molecule has 0 radical (unpaired) electrons. The maximum Gasteiger partial charge on any atom is 0.327 e. The number of aliphatic hydroxyl groups excluding tert-OH is 1. The van der Waals surface area contributed by atoms with Crippen molar-refractivity contribution in [1.82, 2.24) is 20.2 Å². The zero-order valence-corrected chi connectivity index (χ0v) is 31.1. The minimum atomic E-state index is -1.40. The maximum absolute atomic E-state index is 15.2. The van der Waals surface area contributed by atoms with Gasteiger partial charge in [0, 0.05) is 52.5 Å². The average Bonchev–Trinajstić information content (AvgIpc) is 3.86. The van der Waals surface area contributed by atoms with Gasteiger partial charge < -0.3 is 34.4 Å². The molecule has 4 saturated heterocycles. The summed E-state index contributed by atoms with van der Waals surface area (Å²) in [5.41, 5.74) is 0.152. The Labute approximate surface area is 306 Å². The molecule has 5 aliphatic rings. The highest BCUT2D eigenvalue weighted by Gasteiger charge is 2.77. The van der Waals surface area contributed by atoms with E-state index in [1.54, 1.807) is 30.1 Å². The molecule has 0 aromatic heterocycles. The summed E-state index contributed by atoms with van der Waals surface area (Å²) in [7, 11) is 3.37. The second-order valence-corrected chi connectivity index (χ2v) is 15.1. The van der Waals surface area contributed by atoms with Crippen LogP contribution in [0, 0.1) is 5.41 Å². The van der Waals surface area contributed by atoms with Gasteiger partial charge in [0.05, 0.1) is 13.2 Å². The molecule has 13 nitrogen and oxygen atoms in total. The van der Waals surface area contributed by atoms with Crippen molar-refractivity contribution in [2.75, 3.05) is 33.8 Å². The third kappa shape index (κ3) is 7.26. The number of nitrogens with one attached hydrogen (secondary N) is 1. The maximum atomic E-state index is 15.2. The van der Waals surface area contributed by atoms with Crippen molar-refractivity contribution in [2.24, 2.45) is 5.41 Å². The van der Waals surface area contributed by atoms with Crippen LogP contribution in [0.25, 0.3) is 6.08 Å². The summed E-state index contributed by atoms with van der Waals surface area (Å²) in [5, 5.41) is 13.7. The summed E-state index contributed by atoms with van der Waals surface area (Å²) in [4.78, 5) is 65.2. The van der Waals surface area contributed by atoms with Gasteiger partial charge in [-0.15, -0.1) is 0 Å². The van der Waals surface area contributed by atoms with E-state index in [4.69, 9.17) is 19.0 Å². The number of hydrogen-bond acceptors (Lipinski definition) is 10. The third-order valence-electron chi connectivity index (χ3n) is 11.4. The van der Waals surface area contributed by atoms with Crippen molar-refractivity contribution in [3.05, 3.63) is 41.5 Å². The monoisotopic (exact) mass is 724 g/mol. The van der Waals surface area contributed by atoms with Crippen LogP contribution in [-0.2, 0) is 44.8 Å². The zero-order chi connectivity index (χ0) is 37.0. The number of amides is 3. The van der Waals surface area contributed by atoms with Crippen molar-refractivity contribution < 1.29 is 43.3 Å². The number of aliphatic hydroxyl groups is 1. The fraction of sp³-hybridized carbons (Fsp3) is 0.692. The molecule has 5 fully saturated rings. The molecule has 2 N–H and O–H groups in total. The van der Waals surface area contributed by atoms with Crippen molar-refractivity contribution in [3.8, 4) is 0 Å². The minimum Gasteiger partial charge on any atom is -0.458 e. The molecule has 52 heavy (non-hydrogen) atoms. The van der Waals surface area contributed by atoms with E-state index in [1.165, 1.54) is 11.0 Å². The predicted molar refractivity (Wildman–Crippen MR) is 191 cm³/mol. The Morgan fingerprint density at radius 1 is 1.04 bits per heavy atom. The van der Waals surface area contributed by atoms with E-state index in [0.29, 0.717) is 32.2 Å². The molecule has 6 rings (SSSR count). The van der Waals surface area contributed by atoms with Gasteiger partial charge in [-0.25, -0.2) is 0 Å². The largest absolute Gasteiger partial charge is 0.458 e. The number of ether oxygens (including phenoxy) is 3. The Hall–Kier alpha value is -3.36. The van der Waals surface area contributed by atoms with Gasteiger partial charge in [-0.05, 0) is 42.9 Å². The first-order valence-corrected chi connectivity index (χ1v) is 19.3. The summed E-state index contributed by atoms with van der Waals surface area (Å²) in [6.07, 6.45) is 8.92. The van der Waals surface area contributed by atoms with Crippen molar-refractivity contribution in [3.63, 3.8) is 0 Å². The number of likely N-dealkylation sites (N-methyl/N-ethyl adjacent to an activating group) is 1. The third-order valence-corrected chi connectivity index (χ3v) is 11.4. The molecule has 2 bridgehead atoms. The van der Waals surface area contributed by atoms with Crippen LogP contribution in [-0.4, -0.2) is 120 Å². The number of hydrogen-bond donors (Lipinski definition) is 2. The van der Waals surface area contributed by atoms with Crippen molar-refractivity contribution in [2.45, 2.75) is 133 Å². The number of fused-ring (bicyclic) bond motifs is 4. The van der Waals surface area contributed by atoms with Crippen LogP contribution in [0.1, 0.15) is 95.6 Å². The molecule has 1 saturated carbocycles. The molecule has 1 aliphatic carbocycles.